The summed E-state index contributed by atoms with van der Waals surface area (Å²) in [6.07, 6.45) is 1.45. The number of hydrogen-bond donors (Lipinski definition) is 3. The maximum atomic E-state index is 11.7. The molecule has 1 aromatic carbocycles. The number of ether oxygens (including phenoxy) is 1. The predicted molar refractivity (Wildman–Crippen MR) is 101 cm³/mol. The molecule has 0 aliphatic rings. The number of benzene rings is 1. The van der Waals surface area contributed by atoms with E-state index in [4.69, 9.17) is 14.6 Å². The molecular formula is C20H22N2O5. The molecule has 142 valence electrons. The quantitative estimate of drug-likeness (QED) is 0.563. The number of aromatic hydroxyl groups is 1. The van der Waals surface area contributed by atoms with Gasteiger partial charge in [0, 0.05) is 18.3 Å². The number of rotatable bonds is 4. The zero-order valence-corrected chi connectivity index (χ0v) is 15.4. The fourth-order valence-electron chi connectivity index (χ4n) is 2.07. The summed E-state index contributed by atoms with van der Waals surface area (Å²) in [4.78, 5) is 24.0. The number of nitrogens with zero attached hydrogens (tertiary/aromatic N) is 1. The highest BCUT2D eigenvalue weighted by molar-refractivity contribution is 5.94. The second-order valence-electron chi connectivity index (χ2n) is 5.35. The number of nitrogens with one attached hydrogen (secondary N) is 1. The van der Waals surface area contributed by atoms with Crippen molar-refractivity contribution in [2.45, 2.75) is 20.8 Å². The molecule has 7 heteroatoms. The molecular weight excluding hydrogens is 348 g/mol. The van der Waals surface area contributed by atoms with Crippen LogP contribution in [0, 0.1) is 25.7 Å². The van der Waals surface area contributed by atoms with Gasteiger partial charge in [-0.3, -0.25) is 9.59 Å². The Labute approximate surface area is 158 Å². The highest BCUT2D eigenvalue weighted by atomic mass is 16.5. The minimum Gasteiger partial charge on any atom is -0.505 e. The van der Waals surface area contributed by atoms with Crippen LogP contribution in [0.4, 0.5) is 0 Å². The van der Waals surface area contributed by atoms with Crippen LogP contribution in [0.2, 0.25) is 0 Å². The fraction of sp³-hybridized carbons (Fsp3) is 0.250. The van der Waals surface area contributed by atoms with Gasteiger partial charge in [0.2, 0.25) is 0 Å². The van der Waals surface area contributed by atoms with Gasteiger partial charge in [0.25, 0.3) is 12.4 Å². The fourth-order valence-corrected chi connectivity index (χ4v) is 2.07. The van der Waals surface area contributed by atoms with Crippen LogP contribution < -0.4 is 10.1 Å². The Kier molecular flexibility index (Phi) is 8.89. The van der Waals surface area contributed by atoms with Crippen molar-refractivity contribution in [2.24, 2.45) is 0 Å². The van der Waals surface area contributed by atoms with Gasteiger partial charge in [0.05, 0.1) is 0 Å². The molecule has 7 nitrogen and oxygen atoms in total. The zero-order chi connectivity index (χ0) is 20.2. The first-order valence-corrected chi connectivity index (χ1v) is 8.17. The Bertz CT molecular complexity index is 853. The molecule has 0 saturated heterocycles. The van der Waals surface area contributed by atoms with Crippen molar-refractivity contribution >= 4 is 12.4 Å². The Hall–Kier alpha value is -3.53. The van der Waals surface area contributed by atoms with Crippen molar-refractivity contribution in [3.63, 3.8) is 0 Å². The van der Waals surface area contributed by atoms with E-state index in [0.717, 1.165) is 16.9 Å². The van der Waals surface area contributed by atoms with Gasteiger partial charge >= 0.3 is 0 Å². The summed E-state index contributed by atoms with van der Waals surface area (Å²) in [5.41, 5.74) is 2.76. The standard InChI is InChI=1S/C19H20N2O3.CH2O2/c1-4-20-19(23)18-16(22)11-15(12-21-18)8-6-10-24-17-9-5-7-13(2)14(17)3;2-1-3/h5,7,9,11-12,22H,4,10H2,1-3H3,(H,20,23);1H,(H,2,3). The second kappa shape index (κ2) is 11.2. The third kappa shape index (κ3) is 6.71. The summed E-state index contributed by atoms with van der Waals surface area (Å²) in [5.74, 6) is 5.93. The SMILES string of the molecule is CCNC(=O)c1ncc(C#CCOc2cccc(C)c2C)cc1O.O=CO. The third-order valence-corrected chi connectivity index (χ3v) is 3.51. The number of aryl methyl sites for hydroxylation is 1. The summed E-state index contributed by atoms with van der Waals surface area (Å²) < 4.78 is 5.64. The zero-order valence-electron chi connectivity index (χ0n) is 15.4. The van der Waals surface area contributed by atoms with E-state index >= 15 is 0 Å². The van der Waals surface area contributed by atoms with Gasteiger partial charge in [-0.1, -0.05) is 24.0 Å². The van der Waals surface area contributed by atoms with Crippen molar-refractivity contribution in [1.82, 2.24) is 10.3 Å². The van der Waals surface area contributed by atoms with Gasteiger partial charge in [-0.25, -0.2) is 4.98 Å². The molecule has 0 atom stereocenters. The van der Waals surface area contributed by atoms with Gasteiger partial charge in [-0.2, -0.15) is 0 Å². The first-order chi connectivity index (χ1) is 12.9. The van der Waals surface area contributed by atoms with E-state index in [1.165, 1.54) is 12.3 Å². The van der Waals surface area contributed by atoms with Crippen molar-refractivity contribution in [3.05, 3.63) is 52.8 Å². The number of carbonyl (C=O) groups is 2. The molecule has 2 rings (SSSR count). The number of amides is 1. The number of carboxylic acid groups (broad SMARTS) is 1. The normalized spacial score (nSPS) is 9.15. The van der Waals surface area contributed by atoms with E-state index in [0.29, 0.717) is 12.1 Å². The molecule has 0 bridgehead atoms. The number of aromatic nitrogens is 1. The van der Waals surface area contributed by atoms with Crippen LogP contribution in [-0.2, 0) is 4.79 Å². The lowest BCUT2D eigenvalue weighted by Crippen LogP contribution is -2.23. The van der Waals surface area contributed by atoms with Crippen LogP contribution in [-0.4, -0.2) is 40.7 Å². The van der Waals surface area contributed by atoms with Crippen LogP contribution >= 0.6 is 0 Å². The first-order valence-electron chi connectivity index (χ1n) is 8.17. The molecule has 0 aliphatic carbocycles. The van der Waals surface area contributed by atoms with Crippen LogP contribution in [0.1, 0.15) is 34.1 Å². The minimum absolute atomic E-state index is 0.00552. The molecule has 1 amide bonds. The first kappa shape index (κ1) is 21.5. The molecule has 2 aromatic rings. The van der Waals surface area contributed by atoms with Gasteiger partial charge < -0.3 is 20.3 Å². The Morgan fingerprint density at radius 3 is 2.70 bits per heavy atom. The molecule has 1 heterocycles. The number of carbonyl (C=O) groups excluding carboxylic acids is 1. The van der Waals surface area contributed by atoms with Gasteiger partial charge in [-0.05, 0) is 44.0 Å². The summed E-state index contributed by atoms with van der Waals surface area (Å²) in [6, 6.07) is 7.28. The Balaban J connectivity index is 0.00000114. The van der Waals surface area contributed by atoms with E-state index in [1.54, 1.807) is 6.92 Å². The van der Waals surface area contributed by atoms with E-state index in [2.05, 4.69) is 22.1 Å². The summed E-state index contributed by atoms with van der Waals surface area (Å²) in [6.45, 7) is 6.27. The van der Waals surface area contributed by atoms with Crippen LogP contribution in [0.5, 0.6) is 11.5 Å². The monoisotopic (exact) mass is 370 g/mol. The molecule has 1 aromatic heterocycles. The second-order valence-corrected chi connectivity index (χ2v) is 5.35. The van der Waals surface area contributed by atoms with E-state index < -0.39 is 5.91 Å². The minimum atomic E-state index is -0.409. The molecule has 27 heavy (non-hydrogen) atoms. The lowest BCUT2D eigenvalue weighted by Gasteiger charge is -2.07. The lowest BCUT2D eigenvalue weighted by molar-refractivity contribution is -0.122. The van der Waals surface area contributed by atoms with E-state index in [-0.39, 0.29) is 24.5 Å². The smallest absolute Gasteiger partial charge is 0.290 e. The summed E-state index contributed by atoms with van der Waals surface area (Å²) >= 11 is 0. The molecule has 0 radical (unpaired) electrons. The largest absolute Gasteiger partial charge is 0.505 e. The number of hydrogen-bond acceptors (Lipinski definition) is 5. The molecule has 0 fully saturated rings. The van der Waals surface area contributed by atoms with Crippen molar-refractivity contribution in [3.8, 4) is 23.3 Å². The average Bonchev–Trinajstić information content (AvgIpc) is 2.63. The van der Waals surface area contributed by atoms with Crippen LogP contribution in [0.15, 0.2) is 30.5 Å². The van der Waals surface area contributed by atoms with Crippen molar-refractivity contribution in [2.75, 3.05) is 13.2 Å². The Morgan fingerprint density at radius 2 is 2.07 bits per heavy atom. The summed E-state index contributed by atoms with van der Waals surface area (Å²) in [7, 11) is 0. The topological polar surface area (TPSA) is 109 Å². The van der Waals surface area contributed by atoms with Gasteiger partial charge in [-0.15, -0.1) is 0 Å². The maximum absolute atomic E-state index is 11.7. The van der Waals surface area contributed by atoms with Crippen molar-refractivity contribution in [1.29, 1.82) is 0 Å². The summed E-state index contributed by atoms with van der Waals surface area (Å²) in [5, 5.41) is 19.3. The van der Waals surface area contributed by atoms with Gasteiger partial charge in [0.1, 0.15) is 18.1 Å². The van der Waals surface area contributed by atoms with Crippen molar-refractivity contribution < 1.29 is 24.5 Å². The van der Waals surface area contributed by atoms with Crippen LogP contribution in [0.25, 0.3) is 0 Å². The predicted octanol–water partition coefficient (Wildman–Crippen LogP) is 2.29. The number of pyridine rings is 1. The highest BCUT2D eigenvalue weighted by Crippen LogP contribution is 2.20. The molecule has 3 N–H and O–H groups in total. The van der Waals surface area contributed by atoms with Gasteiger partial charge in [0.15, 0.2) is 5.69 Å². The van der Waals surface area contributed by atoms with Crippen LogP contribution in [0.3, 0.4) is 0 Å². The van der Waals surface area contributed by atoms with E-state index in [1.807, 2.05) is 32.0 Å². The third-order valence-electron chi connectivity index (χ3n) is 3.51. The molecule has 0 saturated carbocycles. The average molecular weight is 370 g/mol. The Morgan fingerprint density at radius 1 is 1.37 bits per heavy atom. The molecule has 0 aliphatic heterocycles. The molecule has 0 unspecified atom stereocenters. The maximum Gasteiger partial charge on any atom is 0.290 e. The highest BCUT2D eigenvalue weighted by Gasteiger charge is 2.11. The lowest BCUT2D eigenvalue weighted by atomic mass is 10.1. The molecule has 0 spiro atoms. The van der Waals surface area contributed by atoms with E-state index in [9.17, 15) is 9.90 Å².